The Labute approximate surface area is 107 Å². The van der Waals surface area contributed by atoms with Gasteiger partial charge in [0.25, 0.3) is 5.56 Å². The van der Waals surface area contributed by atoms with Gasteiger partial charge in [0.2, 0.25) is 0 Å². The van der Waals surface area contributed by atoms with Gasteiger partial charge in [-0.25, -0.2) is 4.98 Å². The number of hydrogen-bond donors (Lipinski definition) is 2. The first kappa shape index (κ1) is 12.8. The number of nitrogens with zero attached hydrogens (tertiary/aromatic N) is 1. The Morgan fingerprint density at radius 3 is 3.00 bits per heavy atom. The number of anilines is 1. The number of hydrogen-bond acceptors (Lipinski definition) is 3. The van der Waals surface area contributed by atoms with E-state index >= 15 is 0 Å². The number of H-pyrrole nitrogens is 1. The first-order chi connectivity index (χ1) is 7.25. The first-order valence-electron chi connectivity index (χ1n) is 4.78. The highest BCUT2D eigenvalue weighted by molar-refractivity contribution is 14.1. The van der Waals surface area contributed by atoms with Crippen molar-refractivity contribution in [2.45, 2.75) is 19.3 Å². The molecular formula is C9H13ClIN3O. The summed E-state index contributed by atoms with van der Waals surface area (Å²) in [7, 11) is 0. The Balaban J connectivity index is 2.38. The van der Waals surface area contributed by atoms with E-state index in [-0.39, 0.29) is 5.56 Å². The highest BCUT2D eigenvalue weighted by atomic mass is 127. The van der Waals surface area contributed by atoms with Crippen LogP contribution < -0.4 is 10.9 Å². The molecule has 15 heavy (non-hydrogen) atoms. The van der Waals surface area contributed by atoms with Crippen molar-refractivity contribution < 1.29 is 0 Å². The van der Waals surface area contributed by atoms with Crippen LogP contribution in [0.15, 0.2) is 11.1 Å². The molecule has 0 aliphatic rings. The first-order valence-corrected chi connectivity index (χ1v) is 6.40. The van der Waals surface area contributed by atoms with Crippen LogP contribution in [-0.2, 0) is 0 Å². The van der Waals surface area contributed by atoms with Crippen LogP contribution in [0.5, 0.6) is 0 Å². The lowest BCUT2D eigenvalue weighted by molar-refractivity contribution is 0.745. The summed E-state index contributed by atoms with van der Waals surface area (Å²) in [5, 5.41) is 3.13. The number of alkyl halides is 1. The Morgan fingerprint density at radius 2 is 2.27 bits per heavy atom. The molecule has 1 aromatic rings. The van der Waals surface area contributed by atoms with E-state index in [1.165, 1.54) is 6.33 Å². The van der Waals surface area contributed by atoms with Gasteiger partial charge in [-0.2, -0.15) is 0 Å². The predicted molar refractivity (Wildman–Crippen MR) is 70.6 cm³/mol. The third-order valence-corrected chi connectivity index (χ3v) is 3.17. The predicted octanol–water partition coefficient (Wildman–Crippen LogP) is 2.20. The molecule has 0 amide bonds. The fourth-order valence-electron chi connectivity index (χ4n) is 1.11. The summed E-state index contributed by atoms with van der Waals surface area (Å²) in [5.74, 6) is 1.37. The van der Waals surface area contributed by atoms with Gasteiger partial charge in [-0.15, -0.1) is 11.6 Å². The molecule has 0 spiro atoms. The van der Waals surface area contributed by atoms with Gasteiger partial charge in [-0.05, 0) is 35.4 Å². The lowest BCUT2D eigenvalue weighted by atomic mass is 10.2. The van der Waals surface area contributed by atoms with Gasteiger partial charge in [-0.3, -0.25) is 4.79 Å². The highest BCUT2D eigenvalue weighted by Gasteiger charge is 2.03. The van der Waals surface area contributed by atoms with Crippen molar-refractivity contribution in [3.8, 4) is 0 Å². The van der Waals surface area contributed by atoms with Crippen molar-refractivity contribution in [2.75, 3.05) is 17.7 Å². The monoisotopic (exact) mass is 341 g/mol. The molecule has 0 aliphatic carbocycles. The van der Waals surface area contributed by atoms with Crippen molar-refractivity contribution in [1.29, 1.82) is 0 Å². The molecular weight excluding hydrogens is 328 g/mol. The molecule has 0 saturated carbocycles. The molecule has 2 N–H and O–H groups in total. The number of nitrogens with one attached hydrogen (secondary N) is 2. The molecule has 0 atom stereocenters. The van der Waals surface area contributed by atoms with Crippen LogP contribution in [0.2, 0.25) is 0 Å². The van der Waals surface area contributed by atoms with Crippen LogP contribution in [0.3, 0.4) is 0 Å². The average molecular weight is 342 g/mol. The van der Waals surface area contributed by atoms with Gasteiger partial charge < -0.3 is 10.3 Å². The lowest BCUT2D eigenvalue weighted by Crippen LogP contribution is -2.15. The second-order valence-electron chi connectivity index (χ2n) is 3.07. The number of halogens is 2. The van der Waals surface area contributed by atoms with Gasteiger partial charge in [-0.1, -0.05) is 6.42 Å². The summed E-state index contributed by atoms with van der Waals surface area (Å²) in [6.07, 6.45) is 4.57. The van der Waals surface area contributed by atoms with E-state index in [1.54, 1.807) is 0 Å². The summed E-state index contributed by atoms with van der Waals surface area (Å²) in [5.41, 5.74) is -0.103. The fraction of sp³-hybridized carbons (Fsp3) is 0.556. The minimum atomic E-state index is -0.103. The third-order valence-electron chi connectivity index (χ3n) is 1.90. The van der Waals surface area contributed by atoms with Gasteiger partial charge in [0.1, 0.15) is 9.39 Å². The summed E-state index contributed by atoms with van der Waals surface area (Å²) in [6.45, 7) is 0.823. The molecule has 1 rings (SSSR count). The molecule has 0 radical (unpaired) electrons. The third kappa shape index (κ3) is 4.38. The molecule has 4 nitrogen and oxygen atoms in total. The standard InChI is InChI=1S/C9H13ClIN3O/c10-4-2-1-3-5-12-8-7(11)9(15)14-6-13-8/h6H,1-5H2,(H2,12,13,14,15). The molecule has 0 unspecified atom stereocenters. The summed E-state index contributed by atoms with van der Waals surface area (Å²) in [6, 6.07) is 0. The Morgan fingerprint density at radius 1 is 1.47 bits per heavy atom. The van der Waals surface area contributed by atoms with Crippen LogP contribution >= 0.6 is 34.2 Å². The maximum absolute atomic E-state index is 11.2. The second kappa shape index (κ2) is 7.05. The quantitative estimate of drug-likeness (QED) is 0.474. The van der Waals surface area contributed by atoms with Crippen LogP contribution in [0.1, 0.15) is 19.3 Å². The van der Waals surface area contributed by atoms with Gasteiger partial charge in [0.05, 0.1) is 6.33 Å². The van der Waals surface area contributed by atoms with E-state index in [1.807, 2.05) is 22.6 Å². The van der Waals surface area contributed by atoms with E-state index in [0.29, 0.717) is 15.3 Å². The maximum Gasteiger partial charge on any atom is 0.266 e. The molecule has 0 aromatic carbocycles. The van der Waals surface area contributed by atoms with E-state index in [9.17, 15) is 4.79 Å². The average Bonchev–Trinajstić information content (AvgIpc) is 2.24. The van der Waals surface area contributed by atoms with Crippen molar-refractivity contribution >= 4 is 40.0 Å². The largest absolute Gasteiger partial charge is 0.369 e. The minimum Gasteiger partial charge on any atom is -0.369 e. The van der Waals surface area contributed by atoms with Crippen molar-refractivity contribution in [3.05, 3.63) is 20.3 Å². The lowest BCUT2D eigenvalue weighted by Gasteiger charge is -2.05. The van der Waals surface area contributed by atoms with Crippen LogP contribution in [0, 0.1) is 3.57 Å². The molecule has 0 aliphatic heterocycles. The van der Waals surface area contributed by atoms with Gasteiger partial charge in [0.15, 0.2) is 0 Å². The van der Waals surface area contributed by atoms with E-state index in [4.69, 9.17) is 11.6 Å². The molecule has 0 bridgehead atoms. The molecule has 0 saturated heterocycles. The highest BCUT2D eigenvalue weighted by Crippen LogP contribution is 2.08. The number of unbranched alkanes of at least 4 members (excludes halogenated alkanes) is 2. The second-order valence-corrected chi connectivity index (χ2v) is 4.53. The van der Waals surface area contributed by atoms with Crippen molar-refractivity contribution in [2.24, 2.45) is 0 Å². The number of rotatable bonds is 6. The zero-order valence-electron chi connectivity index (χ0n) is 8.22. The van der Waals surface area contributed by atoms with Gasteiger partial charge >= 0.3 is 0 Å². The molecule has 1 heterocycles. The molecule has 0 fully saturated rings. The van der Waals surface area contributed by atoms with Crippen molar-refractivity contribution in [3.63, 3.8) is 0 Å². The van der Waals surface area contributed by atoms with Crippen LogP contribution in [-0.4, -0.2) is 22.4 Å². The number of aromatic nitrogens is 2. The smallest absolute Gasteiger partial charge is 0.266 e. The Hall–Kier alpha value is -0.300. The van der Waals surface area contributed by atoms with Gasteiger partial charge in [0, 0.05) is 12.4 Å². The number of aromatic amines is 1. The van der Waals surface area contributed by atoms with E-state index in [0.717, 1.165) is 25.8 Å². The summed E-state index contributed by atoms with van der Waals surface area (Å²) >= 11 is 7.55. The minimum absolute atomic E-state index is 0.103. The summed E-state index contributed by atoms with van der Waals surface area (Å²) < 4.78 is 0.604. The van der Waals surface area contributed by atoms with E-state index < -0.39 is 0 Å². The van der Waals surface area contributed by atoms with Crippen molar-refractivity contribution in [1.82, 2.24) is 9.97 Å². The fourth-order valence-corrected chi connectivity index (χ4v) is 1.78. The topological polar surface area (TPSA) is 57.8 Å². The van der Waals surface area contributed by atoms with Crippen LogP contribution in [0.25, 0.3) is 0 Å². The molecule has 1 aromatic heterocycles. The molecule has 6 heteroatoms. The zero-order chi connectivity index (χ0) is 11.1. The molecule has 84 valence electrons. The van der Waals surface area contributed by atoms with Crippen LogP contribution in [0.4, 0.5) is 5.82 Å². The Bertz CT molecular complexity index is 355. The zero-order valence-corrected chi connectivity index (χ0v) is 11.1. The van der Waals surface area contributed by atoms with E-state index in [2.05, 4.69) is 15.3 Å². The normalized spacial score (nSPS) is 10.3. The SMILES string of the molecule is O=c1[nH]cnc(NCCCCCCl)c1I. The Kier molecular flexibility index (Phi) is 6.00. The maximum atomic E-state index is 11.2. The summed E-state index contributed by atoms with van der Waals surface area (Å²) in [4.78, 5) is 17.8.